The molecule has 0 aliphatic heterocycles. The van der Waals surface area contributed by atoms with Gasteiger partial charge in [-0.2, -0.15) is 0 Å². The highest BCUT2D eigenvalue weighted by Crippen LogP contribution is 2.31. The molecule has 0 unspecified atom stereocenters. The Hall–Kier alpha value is -4.06. The molecule has 0 bridgehead atoms. The molecule has 4 aromatic rings. The molecule has 0 saturated carbocycles. The minimum atomic E-state index is -0.273. The molecule has 0 aliphatic carbocycles. The number of methoxy groups -OCH3 is 2. The van der Waals surface area contributed by atoms with Gasteiger partial charge in [0, 0.05) is 23.0 Å². The average molecular weight is 459 g/mol. The van der Waals surface area contributed by atoms with E-state index in [-0.39, 0.29) is 5.82 Å². The van der Waals surface area contributed by atoms with Gasteiger partial charge in [-0.05, 0) is 79.6 Å². The SMILES string of the molecule is COc1ccc(CO/N=C(/C)c2cc(-c3ccc(F)cc3)n(-c3cccc(OC)c3)c2C)cc1. The highest BCUT2D eigenvalue weighted by atomic mass is 19.1. The summed E-state index contributed by atoms with van der Waals surface area (Å²) >= 11 is 0. The summed E-state index contributed by atoms with van der Waals surface area (Å²) in [5, 5.41) is 4.37. The Balaban J connectivity index is 1.69. The maximum Gasteiger partial charge on any atom is 0.142 e. The maximum absolute atomic E-state index is 13.6. The number of oxime groups is 1. The van der Waals surface area contributed by atoms with Crippen LogP contribution in [0.25, 0.3) is 16.9 Å². The summed E-state index contributed by atoms with van der Waals surface area (Å²) in [4.78, 5) is 5.65. The van der Waals surface area contributed by atoms with Crippen molar-refractivity contribution < 1.29 is 18.7 Å². The average Bonchev–Trinajstić information content (AvgIpc) is 3.22. The van der Waals surface area contributed by atoms with E-state index in [1.165, 1.54) is 12.1 Å². The predicted molar refractivity (Wildman–Crippen MR) is 132 cm³/mol. The van der Waals surface area contributed by atoms with E-state index in [0.717, 1.165) is 51.0 Å². The zero-order valence-corrected chi connectivity index (χ0v) is 19.7. The van der Waals surface area contributed by atoms with Gasteiger partial charge in [-0.15, -0.1) is 0 Å². The molecular formula is C28H27FN2O3. The van der Waals surface area contributed by atoms with Crippen molar-refractivity contribution in [2.45, 2.75) is 20.5 Å². The third-order valence-corrected chi connectivity index (χ3v) is 5.68. The molecule has 0 N–H and O–H groups in total. The summed E-state index contributed by atoms with van der Waals surface area (Å²) in [6.45, 7) is 4.30. The van der Waals surface area contributed by atoms with Gasteiger partial charge in [0.15, 0.2) is 0 Å². The molecule has 0 aliphatic rings. The molecule has 34 heavy (non-hydrogen) atoms. The maximum atomic E-state index is 13.6. The molecule has 0 spiro atoms. The molecule has 4 rings (SSSR count). The normalized spacial score (nSPS) is 11.4. The first-order chi connectivity index (χ1) is 16.5. The first-order valence-electron chi connectivity index (χ1n) is 10.9. The first kappa shape index (κ1) is 23.1. The number of rotatable bonds is 8. The van der Waals surface area contributed by atoms with Crippen LogP contribution in [0.1, 0.15) is 23.7 Å². The minimum Gasteiger partial charge on any atom is -0.497 e. The topological polar surface area (TPSA) is 45.0 Å². The first-order valence-corrected chi connectivity index (χ1v) is 10.9. The third-order valence-electron chi connectivity index (χ3n) is 5.68. The number of hydrogen-bond donors (Lipinski definition) is 0. The van der Waals surface area contributed by atoms with E-state index < -0.39 is 0 Å². The van der Waals surface area contributed by atoms with E-state index in [4.69, 9.17) is 14.3 Å². The van der Waals surface area contributed by atoms with Crippen LogP contribution in [0, 0.1) is 12.7 Å². The number of aromatic nitrogens is 1. The van der Waals surface area contributed by atoms with Crippen LogP contribution in [0.15, 0.2) is 84.0 Å². The Morgan fingerprint density at radius 3 is 2.26 bits per heavy atom. The smallest absolute Gasteiger partial charge is 0.142 e. The second-order valence-corrected chi connectivity index (χ2v) is 7.87. The monoisotopic (exact) mass is 458 g/mol. The molecular weight excluding hydrogens is 431 g/mol. The van der Waals surface area contributed by atoms with E-state index in [1.807, 2.05) is 62.4 Å². The molecule has 0 radical (unpaired) electrons. The van der Waals surface area contributed by atoms with Crippen LogP contribution in [0.3, 0.4) is 0 Å². The van der Waals surface area contributed by atoms with E-state index in [9.17, 15) is 4.39 Å². The molecule has 0 fully saturated rings. The Kier molecular flexibility index (Phi) is 6.97. The summed E-state index contributed by atoms with van der Waals surface area (Å²) in [6.07, 6.45) is 0. The van der Waals surface area contributed by atoms with Crippen LogP contribution in [0.2, 0.25) is 0 Å². The lowest BCUT2D eigenvalue weighted by Crippen LogP contribution is -2.03. The Labute approximate surface area is 199 Å². The van der Waals surface area contributed by atoms with Gasteiger partial charge in [0.25, 0.3) is 0 Å². The van der Waals surface area contributed by atoms with E-state index >= 15 is 0 Å². The minimum absolute atomic E-state index is 0.273. The molecule has 0 amide bonds. The molecule has 6 heteroatoms. The van der Waals surface area contributed by atoms with Crippen LogP contribution in [0.4, 0.5) is 4.39 Å². The van der Waals surface area contributed by atoms with E-state index in [0.29, 0.717) is 6.61 Å². The van der Waals surface area contributed by atoms with Crippen LogP contribution in [0.5, 0.6) is 11.5 Å². The van der Waals surface area contributed by atoms with Gasteiger partial charge >= 0.3 is 0 Å². The summed E-state index contributed by atoms with van der Waals surface area (Å²) < 4.78 is 26.3. The fourth-order valence-electron chi connectivity index (χ4n) is 3.86. The van der Waals surface area contributed by atoms with Gasteiger partial charge in [0.05, 0.1) is 25.6 Å². The molecule has 3 aromatic carbocycles. The van der Waals surface area contributed by atoms with Crippen LogP contribution < -0.4 is 9.47 Å². The molecule has 5 nitrogen and oxygen atoms in total. The van der Waals surface area contributed by atoms with Crippen molar-refractivity contribution in [3.05, 3.63) is 102 Å². The number of halogens is 1. The van der Waals surface area contributed by atoms with Crippen LogP contribution in [-0.4, -0.2) is 24.5 Å². The van der Waals surface area contributed by atoms with E-state index in [2.05, 4.69) is 15.8 Å². The van der Waals surface area contributed by atoms with Gasteiger partial charge < -0.3 is 18.9 Å². The van der Waals surface area contributed by atoms with Crippen molar-refractivity contribution in [1.82, 2.24) is 4.57 Å². The second kappa shape index (κ2) is 10.3. The predicted octanol–water partition coefficient (Wildman–Crippen LogP) is 6.55. The summed E-state index contributed by atoms with van der Waals surface area (Å²) in [7, 11) is 3.28. The fourth-order valence-corrected chi connectivity index (χ4v) is 3.86. The fraction of sp³-hybridized carbons (Fsp3) is 0.179. The highest BCUT2D eigenvalue weighted by molar-refractivity contribution is 6.01. The van der Waals surface area contributed by atoms with Crippen molar-refractivity contribution in [3.8, 4) is 28.4 Å². The van der Waals surface area contributed by atoms with Crippen molar-refractivity contribution in [3.63, 3.8) is 0 Å². The molecule has 1 heterocycles. The summed E-state index contributed by atoms with van der Waals surface area (Å²) in [5.41, 5.74) is 6.43. The zero-order valence-electron chi connectivity index (χ0n) is 19.7. The lowest BCUT2D eigenvalue weighted by Gasteiger charge is -2.13. The standard InChI is InChI=1S/C28H27FN2O3/c1-19(30-34-18-21-8-14-25(32-3)15-9-21)27-17-28(22-10-12-23(29)13-11-22)31(20(27)2)24-6-5-7-26(16-24)33-4/h5-17H,18H2,1-4H3/b30-19-. The van der Waals surface area contributed by atoms with Gasteiger partial charge in [0.2, 0.25) is 0 Å². The number of ether oxygens (including phenoxy) is 2. The Morgan fingerprint density at radius 1 is 0.882 bits per heavy atom. The van der Waals surface area contributed by atoms with Gasteiger partial charge in [0.1, 0.15) is 23.9 Å². The number of hydrogen-bond acceptors (Lipinski definition) is 4. The Bertz CT molecular complexity index is 1290. The number of nitrogens with zero attached hydrogens (tertiary/aromatic N) is 2. The lowest BCUT2D eigenvalue weighted by molar-refractivity contribution is 0.130. The van der Waals surface area contributed by atoms with Crippen molar-refractivity contribution in [1.29, 1.82) is 0 Å². The largest absolute Gasteiger partial charge is 0.497 e. The van der Waals surface area contributed by atoms with Gasteiger partial charge in [-0.3, -0.25) is 0 Å². The van der Waals surface area contributed by atoms with Crippen molar-refractivity contribution in [2.24, 2.45) is 5.16 Å². The van der Waals surface area contributed by atoms with Crippen LogP contribution >= 0.6 is 0 Å². The van der Waals surface area contributed by atoms with E-state index in [1.54, 1.807) is 26.4 Å². The molecule has 1 aromatic heterocycles. The number of benzene rings is 3. The second-order valence-electron chi connectivity index (χ2n) is 7.87. The zero-order chi connectivity index (χ0) is 24.1. The van der Waals surface area contributed by atoms with Gasteiger partial charge in [-0.25, -0.2) is 4.39 Å². The lowest BCUT2D eigenvalue weighted by atomic mass is 10.1. The quantitative estimate of drug-likeness (QED) is 0.222. The molecule has 174 valence electrons. The molecule has 0 saturated heterocycles. The van der Waals surface area contributed by atoms with Crippen LogP contribution in [-0.2, 0) is 11.4 Å². The Morgan fingerprint density at radius 2 is 1.59 bits per heavy atom. The van der Waals surface area contributed by atoms with Crippen molar-refractivity contribution in [2.75, 3.05) is 14.2 Å². The molecule has 0 atom stereocenters. The third kappa shape index (κ3) is 4.96. The highest BCUT2D eigenvalue weighted by Gasteiger charge is 2.17. The van der Waals surface area contributed by atoms with Gasteiger partial charge in [-0.1, -0.05) is 23.4 Å². The summed E-state index contributed by atoms with van der Waals surface area (Å²) in [5.74, 6) is 1.28. The summed E-state index contributed by atoms with van der Waals surface area (Å²) in [6, 6.07) is 24.0. The van der Waals surface area contributed by atoms with Crippen molar-refractivity contribution >= 4 is 5.71 Å².